The lowest BCUT2D eigenvalue weighted by atomic mass is 9.99. The molecule has 0 radical (unpaired) electrons. The van der Waals surface area contributed by atoms with Crippen molar-refractivity contribution in [3.63, 3.8) is 0 Å². The van der Waals surface area contributed by atoms with Crippen LogP contribution in [0.25, 0.3) is 0 Å². The second-order valence-electron chi connectivity index (χ2n) is 4.04. The van der Waals surface area contributed by atoms with E-state index in [1.54, 1.807) is 12.1 Å². The van der Waals surface area contributed by atoms with Gasteiger partial charge in [0.05, 0.1) is 13.2 Å². The van der Waals surface area contributed by atoms with Crippen molar-refractivity contribution in [2.45, 2.75) is 26.4 Å². The highest BCUT2D eigenvalue weighted by atomic mass is 19.1. The van der Waals surface area contributed by atoms with E-state index in [1.807, 2.05) is 13.8 Å². The zero-order chi connectivity index (χ0) is 11.4. The van der Waals surface area contributed by atoms with Crippen LogP contribution >= 0.6 is 0 Å². The van der Waals surface area contributed by atoms with E-state index in [9.17, 15) is 9.50 Å². The molecule has 1 N–H and O–H groups in total. The van der Waals surface area contributed by atoms with Crippen molar-refractivity contribution < 1.29 is 14.2 Å². The number of methoxy groups -OCH3 is 1. The van der Waals surface area contributed by atoms with Gasteiger partial charge in [-0.05, 0) is 30.0 Å². The van der Waals surface area contributed by atoms with Gasteiger partial charge in [-0.1, -0.05) is 19.9 Å². The van der Waals surface area contributed by atoms with Gasteiger partial charge in [0.1, 0.15) is 0 Å². The molecule has 0 heterocycles. The van der Waals surface area contributed by atoms with E-state index in [-0.39, 0.29) is 5.75 Å². The third-order valence-corrected chi connectivity index (χ3v) is 2.25. The van der Waals surface area contributed by atoms with E-state index in [0.29, 0.717) is 17.9 Å². The molecule has 0 aromatic heterocycles. The summed E-state index contributed by atoms with van der Waals surface area (Å²) in [6.07, 6.45) is 0.105. The molecule has 1 unspecified atom stereocenters. The zero-order valence-corrected chi connectivity index (χ0v) is 9.33. The molecule has 0 aliphatic rings. The topological polar surface area (TPSA) is 29.5 Å². The molecule has 3 heteroatoms. The van der Waals surface area contributed by atoms with Crippen LogP contribution in [0.15, 0.2) is 18.2 Å². The molecule has 0 fully saturated rings. The Balaban J connectivity index is 2.85. The number of hydrogen-bond donors (Lipinski definition) is 1. The number of aliphatic hydroxyl groups is 1. The predicted molar refractivity (Wildman–Crippen MR) is 57.4 cm³/mol. The number of ether oxygens (including phenoxy) is 1. The molecule has 2 nitrogen and oxygen atoms in total. The second kappa shape index (κ2) is 5.12. The quantitative estimate of drug-likeness (QED) is 0.831. The highest BCUT2D eigenvalue weighted by molar-refractivity contribution is 5.31. The molecule has 15 heavy (non-hydrogen) atoms. The van der Waals surface area contributed by atoms with Crippen LogP contribution in [0.2, 0.25) is 0 Å². The molecule has 0 aliphatic heterocycles. The van der Waals surface area contributed by atoms with E-state index < -0.39 is 11.9 Å². The fourth-order valence-corrected chi connectivity index (χ4v) is 1.47. The van der Waals surface area contributed by atoms with Crippen LogP contribution in [0.5, 0.6) is 5.75 Å². The van der Waals surface area contributed by atoms with Gasteiger partial charge in [0.2, 0.25) is 0 Å². The summed E-state index contributed by atoms with van der Waals surface area (Å²) in [5, 5.41) is 9.82. The van der Waals surface area contributed by atoms with Crippen molar-refractivity contribution in [3.8, 4) is 5.75 Å². The smallest absolute Gasteiger partial charge is 0.165 e. The molecule has 1 aromatic carbocycles. The van der Waals surface area contributed by atoms with Gasteiger partial charge in [-0.15, -0.1) is 0 Å². The minimum atomic E-state index is -0.556. The number of aliphatic hydroxyl groups excluding tert-OH is 1. The Morgan fingerprint density at radius 2 is 2.07 bits per heavy atom. The van der Waals surface area contributed by atoms with Crippen molar-refractivity contribution in [2.75, 3.05) is 7.11 Å². The zero-order valence-electron chi connectivity index (χ0n) is 9.33. The molecule has 0 spiro atoms. The van der Waals surface area contributed by atoms with Crippen molar-refractivity contribution >= 4 is 0 Å². The van der Waals surface area contributed by atoms with E-state index >= 15 is 0 Å². The van der Waals surface area contributed by atoms with Crippen molar-refractivity contribution in [1.29, 1.82) is 0 Å². The van der Waals surface area contributed by atoms with E-state index in [0.717, 1.165) is 0 Å². The Bertz CT molecular complexity index is 323. The standard InChI is InChI=1S/C12H17FO2/c1-8(2)6-11(14)9-4-5-10(13)12(7-9)15-3/h4-5,7-8,11,14H,6H2,1-3H3. The third-order valence-electron chi connectivity index (χ3n) is 2.25. The van der Waals surface area contributed by atoms with E-state index in [4.69, 9.17) is 4.74 Å². The number of halogens is 1. The summed E-state index contributed by atoms with van der Waals surface area (Å²) in [6, 6.07) is 4.45. The average molecular weight is 212 g/mol. The number of benzene rings is 1. The van der Waals surface area contributed by atoms with E-state index in [2.05, 4.69) is 0 Å². The predicted octanol–water partition coefficient (Wildman–Crippen LogP) is 2.91. The van der Waals surface area contributed by atoms with Gasteiger partial charge in [-0.2, -0.15) is 0 Å². The van der Waals surface area contributed by atoms with Crippen LogP contribution in [-0.2, 0) is 0 Å². The monoisotopic (exact) mass is 212 g/mol. The van der Waals surface area contributed by atoms with Gasteiger partial charge in [0, 0.05) is 0 Å². The van der Waals surface area contributed by atoms with Crippen LogP contribution in [0.1, 0.15) is 31.9 Å². The van der Waals surface area contributed by atoms with Crippen LogP contribution < -0.4 is 4.74 Å². The Hall–Kier alpha value is -1.09. The lowest BCUT2D eigenvalue weighted by Crippen LogP contribution is -2.02. The van der Waals surface area contributed by atoms with E-state index in [1.165, 1.54) is 13.2 Å². The molecule has 0 saturated carbocycles. The Morgan fingerprint density at radius 1 is 1.40 bits per heavy atom. The summed E-state index contributed by atoms with van der Waals surface area (Å²) in [4.78, 5) is 0. The maximum Gasteiger partial charge on any atom is 0.165 e. The Morgan fingerprint density at radius 3 is 2.60 bits per heavy atom. The first-order chi connectivity index (χ1) is 7.04. The summed E-state index contributed by atoms with van der Waals surface area (Å²) >= 11 is 0. The summed E-state index contributed by atoms with van der Waals surface area (Å²) in [6.45, 7) is 4.06. The fourth-order valence-electron chi connectivity index (χ4n) is 1.47. The van der Waals surface area contributed by atoms with Gasteiger partial charge in [-0.25, -0.2) is 4.39 Å². The molecule has 0 saturated heterocycles. The normalized spacial score (nSPS) is 12.9. The van der Waals surface area contributed by atoms with Crippen LogP contribution in [0, 0.1) is 11.7 Å². The summed E-state index contributed by atoms with van der Waals surface area (Å²) in [5.41, 5.74) is 0.696. The molecule has 1 rings (SSSR count). The largest absolute Gasteiger partial charge is 0.494 e. The molecule has 0 bridgehead atoms. The molecule has 0 amide bonds. The van der Waals surface area contributed by atoms with Gasteiger partial charge in [0.15, 0.2) is 11.6 Å². The highest BCUT2D eigenvalue weighted by Gasteiger charge is 2.12. The maximum absolute atomic E-state index is 13.1. The first kappa shape index (κ1) is 12.0. The third kappa shape index (κ3) is 3.20. The summed E-state index contributed by atoms with van der Waals surface area (Å²) in [5.74, 6) is 0.171. The minimum Gasteiger partial charge on any atom is -0.494 e. The molecule has 0 aliphatic carbocycles. The lowest BCUT2D eigenvalue weighted by molar-refractivity contribution is 0.150. The van der Waals surface area contributed by atoms with Crippen LogP contribution in [0.3, 0.4) is 0 Å². The average Bonchev–Trinajstić information content (AvgIpc) is 2.17. The second-order valence-corrected chi connectivity index (χ2v) is 4.04. The molecular formula is C12H17FO2. The summed E-state index contributed by atoms with van der Waals surface area (Å²) < 4.78 is 17.9. The molecule has 1 atom stereocenters. The van der Waals surface area contributed by atoms with Crippen LogP contribution in [0.4, 0.5) is 4.39 Å². The SMILES string of the molecule is COc1cc(C(O)CC(C)C)ccc1F. The maximum atomic E-state index is 13.1. The van der Waals surface area contributed by atoms with Gasteiger partial charge in [-0.3, -0.25) is 0 Å². The highest BCUT2D eigenvalue weighted by Crippen LogP contribution is 2.26. The number of hydrogen-bond acceptors (Lipinski definition) is 2. The van der Waals surface area contributed by atoms with Crippen molar-refractivity contribution in [2.24, 2.45) is 5.92 Å². The van der Waals surface area contributed by atoms with Gasteiger partial charge in [0.25, 0.3) is 0 Å². The van der Waals surface area contributed by atoms with Gasteiger partial charge >= 0.3 is 0 Å². The Labute approximate surface area is 89.7 Å². The molecule has 1 aromatic rings. The fraction of sp³-hybridized carbons (Fsp3) is 0.500. The first-order valence-corrected chi connectivity index (χ1v) is 5.06. The molecular weight excluding hydrogens is 195 g/mol. The number of rotatable bonds is 4. The van der Waals surface area contributed by atoms with Crippen LogP contribution in [-0.4, -0.2) is 12.2 Å². The van der Waals surface area contributed by atoms with Gasteiger partial charge < -0.3 is 9.84 Å². The first-order valence-electron chi connectivity index (χ1n) is 5.06. The molecule has 84 valence electrons. The Kier molecular flexibility index (Phi) is 4.09. The minimum absolute atomic E-state index is 0.176. The van der Waals surface area contributed by atoms with Crippen molar-refractivity contribution in [3.05, 3.63) is 29.6 Å². The summed E-state index contributed by atoms with van der Waals surface area (Å²) in [7, 11) is 1.41. The lowest BCUT2D eigenvalue weighted by Gasteiger charge is -2.14. The van der Waals surface area contributed by atoms with Crippen molar-refractivity contribution in [1.82, 2.24) is 0 Å².